The molecule has 0 unspecified atom stereocenters. The van der Waals surface area contributed by atoms with Crippen LogP contribution in [0.3, 0.4) is 0 Å². The van der Waals surface area contributed by atoms with Crippen molar-refractivity contribution in [2.75, 3.05) is 5.73 Å². The van der Waals surface area contributed by atoms with Crippen molar-refractivity contribution < 1.29 is 4.39 Å². The summed E-state index contributed by atoms with van der Waals surface area (Å²) < 4.78 is 18.5. The minimum Gasteiger partial charge on any atom is -0.383 e. The van der Waals surface area contributed by atoms with E-state index in [1.54, 1.807) is 21.4 Å². The highest BCUT2D eigenvalue weighted by Crippen LogP contribution is 2.25. The van der Waals surface area contributed by atoms with Crippen LogP contribution in [0.2, 0.25) is 0 Å². The summed E-state index contributed by atoms with van der Waals surface area (Å²) in [6, 6.07) is 14.0. The lowest BCUT2D eigenvalue weighted by Crippen LogP contribution is -2.25. The van der Waals surface area contributed by atoms with Gasteiger partial charge in [0, 0.05) is 5.69 Å². The van der Waals surface area contributed by atoms with Gasteiger partial charge in [-0.3, -0.25) is 9.36 Å². The zero-order chi connectivity index (χ0) is 21.7. The molecule has 0 aliphatic heterocycles. The number of nitrogens with zero attached hydrogens (tertiary/aromatic N) is 5. The highest BCUT2D eigenvalue weighted by atomic mass is 127. The molecule has 0 saturated carbocycles. The van der Waals surface area contributed by atoms with E-state index in [0.717, 1.165) is 5.56 Å². The summed E-state index contributed by atoms with van der Waals surface area (Å²) in [7, 11) is 0. The van der Waals surface area contributed by atoms with Crippen molar-refractivity contribution in [1.29, 1.82) is 0 Å². The van der Waals surface area contributed by atoms with E-state index >= 15 is 0 Å². The van der Waals surface area contributed by atoms with Crippen molar-refractivity contribution >= 4 is 50.2 Å². The van der Waals surface area contributed by atoms with E-state index in [-0.39, 0.29) is 11.9 Å². The Morgan fingerprint density at radius 3 is 2.71 bits per heavy atom. The fourth-order valence-corrected chi connectivity index (χ4v) is 4.60. The maximum Gasteiger partial charge on any atom is 0.266 e. The Kier molecular flexibility index (Phi) is 4.69. The molecule has 154 valence electrons. The topological polar surface area (TPSA) is 91.6 Å². The summed E-state index contributed by atoms with van der Waals surface area (Å²) in [4.78, 5) is 21.9. The minimum atomic E-state index is -0.545. The van der Waals surface area contributed by atoms with Gasteiger partial charge in [-0.15, -0.1) is 0 Å². The molecular weight excluding hydrogens is 510 g/mol. The summed E-state index contributed by atoms with van der Waals surface area (Å²) >= 11 is 2.09. The Bertz CT molecular complexity index is 1540. The Labute approximate surface area is 189 Å². The number of nitrogen functional groups attached to an aromatic ring is 1. The van der Waals surface area contributed by atoms with Crippen LogP contribution >= 0.6 is 22.6 Å². The highest BCUT2D eigenvalue weighted by molar-refractivity contribution is 14.1. The van der Waals surface area contributed by atoms with E-state index in [4.69, 9.17) is 5.73 Å². The van der Waals surface area contributed by atoms with Crippen LogP contribution in [0.25, 0.3) is 27.5 Å². The number of rotatable bonds is 3. The quantitative estimate of drug-likeness (QED) is 0.361. The van der Waals surface area contributed by atoms with Crippen LogP contribution in [0.4, 0.5) is 10.2 Å². The fourth-order valence-electron chi connectivity index (χ4n) is 3.82. The standard InChI is InChI=1S/C22H16FIN6O/c1-12-5-2-3-8-16(12)30-14(9-13-6-4-7-15(23)17(13)22(30)31)10-29-21-18(19(24)28-29)20(25)26-11-27-21/h2-9,11H,10H2,1H3,(H2,25,26,27). The Hall–Kier alpha value is -3.34. The van der Waals surface area contributed by atoms with E-state index in [0.29, 0.717) is 37.3 Å². The number of hydrogen-bond donors (Lipinski definition) is 1. The van der Waals surface area contributed by atoms with Crippen LogP contribution in [0.5, 0.6) is 0 Å². The number of para-hydroxylation sites is 1. The summed E-state index contributed by atoms with van der Waals surface area (Å²) in [6.07, 6.45) is 1.39. The number of anilines is 1. The third-order valence-corrected chi connectivity index (χ3v) is 6.01. The van der Waals surface area contributed by atoms with Gasteiger partial charge in [-0.25, -0.2) is 19.0 Å². The van der Waals surface area contributed by atoms with Crippen molar-refractivity contribution in [3.05, 3.63) is 86.0 Å². The van der Waals surface area contributed by atoms with Crippen LogP contribution in [-0.4, -0.2) is 24.3 Å². The second kappa shape index (κ2) is 7.41. The normalized spacial score (nSPS) is 11.5. The number of hydrogen-bond acceptors (Lipinski definition) is 5. The minimum absolute atomic E-state index is 0.0565. The predicted octanol–water partition coefficient (Wildman–Crippen LogP) is 3.81. The number of fused-ring (bicyclic) bond motifs is 2. The zero-order valence-electron chi connectivity index (χ0n) is 16.4. The number of pyridine rings is 1. The van der Waals surface area contributed by atoms with Gasteiger partial charge in [0.05, 0.1) is 23.0 Å². The van der Waals surface area contributed by atoms with E-state index < -0.39 is 11.4 Å². The zero-order valence-corrected chi connectivity index (χ0v) is 18.5. The second-order valence-corrected chi connectivity index (χ2v) is 8.19. The molecule has 0 atom stereocenters. The molecule has 0 bridgehead atoms. The van der Waals surface area contributed by atoms with Crippen molar-refractivity contribution in [3.8, 4) is 5.69 Å². The smallest absolute Gasteiger partial charge is 0.266 e. The van der Waals surface area contributed by atoms with Gasteiger partial charge in [0.15, 0.2) is 5.65 Å². The third kappa shape index (κ3) is 3.16. The molecule has 5 aromatic rings. The molecule has 0 spiro atoms. The van der Waals surface area contributed by atoms with E-state index in [1.165, 1.54) is 12.4 Å². The Morgan fingerprint density at radius 2 is 1.90 bits per heavy atom. The molecule has 2 N–H and O–H groups in total. The van der Waals surface area contributed by atoms with Crippen LogP contribution < -0.4 is 11.3 Å². The molecule has 5 rings (SSSR count). The molecule has 7 nitrogen and oxygen atoms in total. The average Bonchev–Trinajstić information content (AvgIpc) is 3.05. The first kappa shape index (κ1) is 19.6. The molecule has 0 radical (unpaired) electrons. The van der Waals surface area contributed by atoms with Gasteiger partial charge in [-0.1, -0.05) is 30.3 Å². The SMILES string of the molecule is Cc1ccccc1-n1c(Cn2nc(I)c3c(N)ncnc32)cc2cccc(F)c2c1=O. The summed E-state index contributed by atoms with van der Waals surface area (Å²) in [5.74, 6) is -0.200. The van der Waals surface area contributed by atoms with Gasteiger partial charge in [-0.05, 0) is 58.7 Å². The van der Waals surface area contributed by atoms with Gasteiger partial charge < -0.3 is 5.73 Å². The van der Waals surface area contributed by atoms with E-state index in [2.05, 4.69) is 37.7 Å². The first-order valence-electron chi connectivity index (χ1n) is 9.47. The molecule has 0 aliphatic carbocycles. The lowest BCUT2D eigenvalue weighted by atomic mass is 10.1. The molecule has 0 amide bonds. The number of nitrogens with two attached hydrogens (primary N) is 1. The van der Waals surface area contributed by atoms with Crippen LogP contribution in [-0.2, 0) is 6.54 Å². The van der Waals surface area contributed by atoms with Crippen LogP contribution in [0.1, 0.15) is 11.3 Å². The molecule has 0 aliphatic rings. The van der Waals surface area contributed by atoms with Crippen molar-refractivity contribution in [2.24, 2.45) is 0 Å². The summed E-state index contributed by atoms with van der Waals surface area (Å²) in [6.45, 7) is 2.16. The predicted molar refractivity (Wildman–Crippen MR) is 126 cm³/mol. The first-order valence-corrected chi connectivity index (χ1v) is 10.5. The molecule has 0 saturated heterocycles. The summed E-state index contributed by atoms with van der Waals surface area (Å²) in [5.41, 5.74) is 8.40. The van der Waals surface area contributed by atoms with Gasteiger partial charge in [-0.2, -0.15) is 5.10 Å². The maximum atomic E-state index is 14.6. The van der Waals surface area contributed by atoms with Crippen molar-refractivity contribution in [3.63, 3.8) is 0 Å². The first-order chi connectivity index (χ1) is 15.0. The Balaban J connectivity index is 1.82. The molecule has 2 aromatic carbocycles. The number of benzene rings is 2. The van der Waals surface area contributed by atoms with Gasteiger partial charge in [0.25, 0.3) is 5.56 Å². The van der Waals surface area contributed by atoms with Gasteiger partial charge in [0.2, 0.25) is 0 Å². The molecular formula is C22H16FIN6O. The third-order valence-electron chi connectivity index (χ3n) is 5.26. The molecule has 3 heterocycles. The number of aryl methyl sites for hydroxylation is 1. The van der Waals surface area contributed by atoms with Crippen LogP contribution in [0.15, 0.2) is 59.7 Å². The lowest BCUT2D eigenvalue weighted by molar-refractivity contribution is 0.635. The van der Waals surface area contributed by atoms with E-state index in [9.17, 15) is 9.18 Å². The fraction of sp³-hybridized carbons (Fsp3) is 0.0909. The lowest BCUT2D eigenvalue weighted by Gasteiger charge is -2.17. The van der Waals surface area contributed by atoms with Gasteiger partial charge >= 0.3 is 0 Å². The van der Waals surface area contributed by atoms with Crippen molar-refractivity contribution in [1.82, 2.24) is 24.3 Å². The molecule has 31 heavy (non-hydrogen) atoms. The maximum absolute atomic E-state index is 14.6. The van der Waals surface area contributed by atoms with Crippen molar-refractivity contribution in [2.45, 2.75) is 13.5 Å². The largest absolute Gasteiger partial charge is 0.383 e. The second-order valence-electron chi connectivity index (χ2n) is 7.17. The molecule has 9 heteroatoms. The molecule has 3 aromatic heterocycles. The molecule has 0 fully saturated rings. The monoisotopic (exact) mass is 526 g/mol. The number of aromatic nitrogens is 5. The number of halogens is 2. The Morgan fingerprint density at radius 1 is 1.10 bits per heavy atom. The van der Waals surface area contributed by atoms with Crippen LogP contribution in [0, 0.1) is 16.4 Å². The average molecular weight is 526 g/mol. The van der Waals surface area contributed by atoms with Gasteiger partial charge in [0.1, 0.15) is 21.7 Å². The highest BCUT2D eigenvalue weighted by Gasteiger charge is 2.19. The van der Waals surface area contributed by atoms with E-state index in [1.807, 2.05) is 37.3 Å². The summed E-state index contributed by atoms with van der Waals surface area (Å²) in [5, 5.41) is 5.82.